The van der Waals surface area contributed by atoms with Crippen LogP contribution in [0.1, 0.15) is 25.0 Å². The molecule has 29 heavy (non-hydrogen) atoms. The molecule has 5 heteroatoms. The summed E-state index contributed by atoms with van der Waals surface area (Å²) in [5.74, 6) is 1.47. The van der Waals surface area contributed by atoms with Gasteiger partial charge in [-0.15, -0.1) is 0 Å². The van der Waals surface area contributed by atoms with Gasteiger partial charge in [-0.05, 0) is 17.0 Å². The Kier molecular flexibility index (Phi) is 7.04. The molecular formula is C24H30N2O3. The zero-order chi connectivity index (χ0) is 20.7. The minimum absolute atomic E-state index is 0.159. The van der Waals surface area contributed by atoms with E-state index in [1.165, 1.54) is 0 Å². The number of rotatable bonds is 7. The minimum Gasteiger partial charge on any atom is -0.483 e. The molecule has 0 saturated heterocycles. The van der Waals surface area contributed by atoms with Gasteiger partial charge in [-0.3, -0.25) is 0 Å². The average Bonchev–Trinajstić information content (AvgIpc) is 2.74. The lowest BCUT2D eigenvalue weighted by Gasteiger charge is -2.36. The quantitative estimate of drug-likeness (QED) is 0.703. The van der Waals surface area contributed by atoms with E-state index < -0.39 is 5.54 Å². The van der Waals surface area contributed by atoms with Crippen LogP contribution in [0.4, 0.5) is 0 Å². The van der Waals surface area contributed by atoms with E-state index in [1.807, 2.05) is 36.4 Å². The second-order valence-electron chi connectivity index (χ2n) is 7.65. The van der Waals surface area contributed by atoms with Crippen LogP contribution in [0.2, 0.25) is 0 Å². The maximum absolute atomic E-state index is 6.13. The summed E-state index contributed by atoms with van der Waals surface area (Å²) in [5.41, 5.74) is 1.49. The SMILES string of the molecule is COC1=N[C@@](COCc2ccccc2)(Cc2ccccc2)C(OC)=N[C@H]1C(C)C. The van der Waals surface area contributed by atoms with E-state index in [9.17, 15) is 0 Å². The Morgan fingerprint density at radius 3 is 2.07 bits per heavy atom. The van der Waals surface area contributed by atoms with E-state index in [0.717, 1.165) is 11.1 Å². The largest absolute Gasteiger partial charge is 0.483 e. The number of benzene rings is 2. The average molecular weight is 395 g/mol. The minimum atomic E-state index is -0.762. The van der Waals surface area contributed by atoms with Crippen molar-refractivity contribution in [1.82, 2.24) is 0 Å². The summed E-state index contributed by atoms with van der Waals surface area (Å²) < 4.78 is 17.5. The smallest absolute Gasteiger partial charge is 0.215 e. The van der Waals surface area contributed by atoms with E-state index in [4.69, 9.17) is 24.2 Å². The molecule has 0 aliphatic carbocycles. The normalized spacial score (nSPS) is 21.5. The van der Waals surface area contributed by atoms with E-state index in [1.54, 1.807) is 14.2 Å². The van der Waals surface area contributed by atoms with Gasteiger partial charge in [0.2, 0.25) is 11.8 Å². The molecular weight excluding hydrogens is 364 g/mol. The van der Waals surface area contributed by atoms with Gasteiger partial charge in [0.1, 0.15) is 6.04 Å². The summed E-state index contributed by atoms with van der Waals surface area (Å²) in [6.07, 6.45) is 0.618. The lowest BCUT2D eigenvalue weighted by Crippen LogP contribution is -2.51. The maximum atomic E-state index is 6.13. The highest BCUT2D eigenvalue weighted by atomic mass is 16.5. The monoisotopic (exact) mass is 394 g/mol. The number of methoxy groups -OCH3 is 2. The van der Waals surface area contributed by atoms with Crippen LogP contribution in [0.15, 0.2) is 70.6 Å². The van der Waals surface area contributed by atoms with E-state index in [-0.39, 0.29) is 12.0 Å². The first kappa shape index (κ1) is 21.1. The maximum Gasteiger partial charge on any atom is 0.215 e. The molecule has 0 unspecified atom stereocenters. The Hall–Kier alpha value is -2.66. The summed E-state index contributed by atoms with van der Waals surface area (Å²) in [6.45, 7) is 5.05. The highest BCUT2D eigenvalue weighted by Gasteiger charge is 2.44. The predicted octanol–water partition coefficient (Wildman–Crippen LogP) is 4.31. The van der Waals surface area contributed by atoms with Crippen molar-refractivity contribution < 1.29 is 14.2 Å². The first-order valence-electron chi connectivity index (χ1n) is 9.99. The van der Waals surface area contributed by atoms with Crippen LogP contribution in [-0.4, -0.2) is 44.2 Å². The molecule has 2 aromatic carbocycles. The highest BCUT2D eigenvalue weighted by Crippen LogP contribution is 2.29. The van der Waals surface area contributed by atoms with Gasteiger partial charge in [0.25, 0.3) is 0 Å². The van der Waals surface area contributed by atoms with Crippen molar-refractivity contribution in [2.75, 3.05) is 20.8 Å². The van der Waals surface area contributed by atoms with Crippen LogP contribution in [0, 0.1) is 5.92 Å². The van der Waals surface area contributed by atoms with Crippen molar-refractivity contribution in [1.29, 1.82) is 0 Å². The number of hydrogen-bond donors (Lipinski definition) is 0. The van der Waals surface area contributed by atoms with Crippen LogP contribution in [-0.2, 0) is 27.2 Å². The zero-order valence-corrected chi connectivity index (χ0v) is 17.7. The molecule has 0 spiro atoms. The van der Waals surface area contributed by atoms with Crippen molar-refractivity contribution in [3.05, 3.63) is 71.8 Å². The van der Waals surface area contributed by atoms with Crippen LogP contribution in [0.3, 0.4) is 0 Å². The lowest BCUT2D eigenvalue weighted by molar-refractivity contribution is 0.0847. The fourth-order valence-corrected chi connectivity index (χ4v) is 3.58. The van der Waals surface area contributed by atoms with Crippen LogP contribution < -0.4 is 0 Å². The van der Waals surface area contributed by atoms with Gasteiger partial charge in [-0.2, -0.15) is 0 Å². The van der Waals surface area contributed by atoms with Gasteiger partial charge in [-0.1, -0.05) is 74.5 Å². The molecule has 0 radical (unpaired) electrons. The van der Waals surface area contributed by atoms with Gasteiger partial charge in [0.15, 0.2) is 5.54 Å². The Bertz CT molecular complexity index is 834. The molecule has 0 amide bonds. The van der Waals surface area contributed by atoms with Crippen LogP contribution in [0.25, 0.3) is 0 Å². The molecule has 0 fully saturated rings. The molecule has 154 valence electrons. The zero-order valence-electron chi connectivity index (χ0n) is 17.7. The van der Waals surface area contributed by atoms with E-state index in [0.29, 0.717) is 31.4 Å². The molecule has 0 saturated carbocycles. The second-order valence-corrected chi connectivity index (χ2v) is 7.65. The summed E-state index contributed by atoms with van der Waals surface area (Å²) in [6, 6.07) is 20.2. The molecule has 1 aliphatic rings. The third-order valence-electron chi connectivity index (χ3n) is 5.06. The van der Waals surface area contributed by atoms with E-state index in [2.05, 4.69) is 38.1 Å². The fraction of sp³-hybridized carbons (Fsp3) is 0.417. The van der Waals surface area contributed by atoms with Gasteiger partial charge in [0.05, 0.1) is 27.4 Å². The number of nitrogens with zero attached hydrogens (tertiary/aromatic N) is 2. The summed E-state index contributed by atoms with van der Waals surface area (Å²) in [5, 5.41) is 0. The molecule has 1 aliphatic heterocycles. The van der Waals surface area contributed by atoms with Crippen molar-refractivity contribution in [3.8, 4) is 0 Å². The molecule has 0 N–H and O–H groups in total. The molecule has 5 nitrogen and oxygen atoms in total. The lowest BCUT2D eigenvalue weighted by atomic mass is 9.89. The Balaban J connectivity index is 1.92. The predicted molar refractivity (Wildman–Crippen MR) is 116 cm³/mol. The van der Waals surface area contributed by atoms with Crippen molar-refractivity contribution >= 4 is 11.8 Å². The molecule has 1 heterocycles. The third kappa shape index (κ3) is 5.04. The fourth-order valence-electron chi connectivity index (χ4n) is 3.58. The Morgan fingerprint density at radius 2 is 1.52 bits per heavy atom. The molecule has 0 bridgehead atoms. The van der Waals surface area contributed by atoms with Crippen molar-refractivity contribution in [2.45, 2.75) is 38.5 Å². The second kappa shape index (κ2) is 9.70. The Labute approximate surface area is 173 Å². The molecule has 0 aromatic heterocycles. The van der Waals surface area contributed by atoms with Gasteiger partial charge < -0.3 is 14.2 Å². The van der Waals surface area contributed by atoms with E-state index >= 15 is 0 Å². The molecule has 2 atom stereocenters. The van der Waals surface area contributed by atoms with Crippen LogP contribution in [0.5, 0.6) is 0 Å². The topological polar surface area (TPSA) is 52.4 Å². The third-order valence-corrected chi connectivity index (χ3v) is 5.06. The number of hydrogen-bond acceptors (Lipinski definition) is 5. The summed E-state index contributed by atoms with van der Waals surface area (Å²) in [7, 11) is 3.31. The Morgan fingerprint density at radius 1 is 0.897 bits per heavy atom. The standard InChI is InChI=1S/C24H30N2O3/c1-18(2)21-22(27-3)26-24(23(25-21)28-4,15-19-11-7-5-8-12-19)17-29-16-20-13-9-6-10-14-20/h5-14,18,21H,15-17H2,1-4H3/t21-,24+/m0/s1. The van der Waals surface area contributed by atoms with Crippen molar-refractivity contribution in [3.63, 3.8) is 0 Å². The first-order valence-corrected chi connectivity index (χ1v) is 9.99. The van der Waals surface area contributed by atoms with Gasteiger partial charge in [-0.25, -0.2) is 9.98 Å². The number of aliphatic imine (C=N–C) groups is 2. The van der Waals surface area contributed by atoms with Gasteiger partial charge in [0, 0.05) is 6.42 Å². The summed E-state index contributed by atoms with van der Waals surface area (Å²) >= 11 is 0. The first-order chi connectivity index (χ1) is 14.1. The highest BCUT2D eigenvalue weighted by molar-refractivity contribution is 5.97. The number of ether oxygens (including phenoxy) is 3. The molecule has 2 aromatic rings. The van der Waals surface area contributed by atoms with Crippen LogP contribution >= 0.6 is 0 Å². The molecule has 3 rings (SSSR count). The van der Waals surface area contributed by atoms with Gasteiger partial charge >= 0.3 is 0 Å². The summed E-state index contributed by atoms with van der Waals surface area (Å²) in [4.78, 5) is 9.91. The van der Waals surface area contributed by atoms with Crippen molar-refractivity contribution in [2.24, 2.45) is 15.9 Å².